The van der Waals surface area contributed by atoms with Crippen LogP contribution in [-0.2, 0) is 16.1 Å². The highest BCUT2D eigenvalue weighted by atomic mass is 32.2. The van der Waals surface area contributed by atoms with Gasteiger partial charge in [0.25, 0.3) is 0 Å². The molecule has 6 heteroatoms. The van der Waals surface area contributed by atoms with Crippen LogP contribution in [0.25, 0.3) is 0 Å². The molecule has 0 aliphatic heterocycles. The zero-order valence-electron chi connectivity index (χ0n) is 8.90. The monoisotopic (exact) mass is 229 g/mol. The van der Waals surface area contributed by atoms with Gasteiger partial charge >= 0.3 is 5.97 Å². The number of carbonyl (C=O) groups is 1. The van der Waals surface area contributed by atoms with Crippen LogP contribution in [0.5, 0.6) is 0 Å². The first kappa shape index (κ1) is 11.9. The SMILES string of the molecule is CCOC(=O)Cn1nc(SCC)cc1N. The van der Waals surface area contributed by atoms with Crippen molar-refractivity contribution < 1.29 is 9.53 Å². The lowest BCUT2D eigenvalue weighted by Gasteiger charge is -2.03. The molecule has 0 saturated heterocycles. The van der Waals surface area contributed by atoms with Crippen LogP contribution in [0.15, 0.2) is 11.1 Å². The highest BCUT2D eigenvalue weighted by Crippen LogP contribution is 2.18. The summed E-state index contributed by atoms with van der Waals surface area (Å²) in [5.41, 5.74) is 5.70. The molecular formula is C9H15N3O2S. The van der Waals surface area contributed by atoms with Gasteiger partial charge in [-0.2, -0.15) is 5.10 Å². The summed E-state index contributed by atoms with van der Waals surface area (Å²) in [4.78, 5) is 11.2. The summed E-state index contributed by atoms with van der Waals surface area (Å²) in [6.07, 6.45) is 0. The number of ether oxygens (including phenoxy) is 1. The molecule has 84 valence electrons. The van der Waals surface area contributed by atoms with E-state index in [2.05, 4.69) is 5.10 Å². The van der Waals surface area contributed by atoms with Gasteiger partial charge in [-0.05, 0) is 12.7 Å². The van der Waals surface area contributed by atoms with Gasteiger partial charge < -0.3 is 10.5 Å². The average molecular weight is 229 g/mol. The van der Waals surface area contributed by atoms with Crippen LogP contribution in [0.2, 0.25) is 0 Å². The summed E-state index contributed by atoms with van der Waals surface area (Å²) in [6, 6.07) is 1.76. The number of carbonyl (C=O) groups excluding carboxylic acids is 1. The Morgan fingerprint density at radius 1 is 1.67 bits per heavy atom. The highest BCUT2D eigenvalue weighted by molar-refractivity contribution is 7.99. The van der Waals surface area contributed by atoms with Gasteiger partial charge in [0.1, 0.15) is 17.4 Å². The smallest absolute Gasteiger partial charge is 0.327 e. The molecule has 1 rings (SSSR count). The van der Waals surface area contributed by atoms with E-state index >= 15 is 0 Å². The van der Waals surface area contributed by atoms with Gasteiger partial charge in [-0.1, -0.05) is 6.92 Å². The number of hydrogen-bond acceptors (Lipinski definition) is 5. The van der Waals surface area contributed by atoms with Gasteiger partial charge in [0.05, 0.1) is 6.61 Å². The van der Waals surface area contributed by atoms with Gasteiger partial charge in [0, 0.05) is 6.07 Å². The second kappa shape index (κ2) is 5.65. The molecule has 0 fully saturated rings. The molecule has 1 heterocycles. The van der Waals surface area contributed by atoms with E-state index < -0.39 is 0 Å². The predicted octanol–water partition coefficient (Wildman–Crippen LogP) is 1.14. The van der Waals surface area contributed by atoms with E-state index in [1.54, 1.807) is 24.8 Å². The molecule has 5 nitrogen and oxygen atoms in total. The molecule has 0 aliphatic rings. The molecule has 0 atom stereocenters. The van der Waals surface area contributed by atoms with E-state index in [4.69, 9.17) is 10.5 Å². The van der Waals surface area contributed by atoms with Gasteiger partial charge in [-0.15, -0.1) is 11.8 Å². The van der Waals surface area contributed by atoms with Crippen molar-refractivity contribution in [2.45, 2.75) is 25.4 Å². The van der Waals surface area contributed by atoms with E-state index in [1.807, 2.05) is 6.92 Å². The molecule has 0 bridgehead atoms. The Morgan fingerprint density at radius 3 is 3.00 bits per heavy atom. The van der Waals surface area contributed by atoms with E-state index in [1.165, 1.54) is 4.68 Å². The molecule has 0 saturated carbocycles. The van der Waals surface area contributed by atoms with Crippen molar-refractivity contribution in [1.29, 1.82) is 0 Å². The zero-order chi connectivity index (χ0) is 11.3. The van der Waals surface area contributed by atoms with Crippen molar-refractivity contribution in [2.75, 3.05) is 18.1 Å². The Labute approximate surface area is 93.0 Å². The first-order valence-corrected chi connectivity index (χ1v) is 5.77. The molecule has 0 radical (unpaired) electrons. The highest BCUT2D eigenvalue weighted by Gasteiger charge is 2.09. The lowest BCUT2D eigenvalue weighted by atomic mass is 10.6. The molecule has 2 N–H and O–H groups in total. The first-order valence-electron chi connectivity index (χ1n) is 4.79. The van der Waals surface area contributed by atoms with Crippen LogP contribution in [-0.4, -0.2) is 28.1 Å². The summed E-state index contributed by atoms with van der Waals surface area (Å²) < 4.78 is 6.26. The van der Waals surface area contributed by atoms with Crippen molar-refractivity contribution in [3.8, 4) is 0 Å². The molecule has 0 unspecified atom stereocenters. The number of nitrogens with two attached hydrogens (primary N) is 1. The minimum absolute atomic E-state index is 0.0734. The Hall–Kier alpha value is -1.17. The predicted molar refractivity (Wildman–Crippen MR) is 59.7 cm³/mol. The number of esters is 1. The van der Waals surface area contributed by atoms with Crippen LogP contribution in [0.1, 0.15) is 13.8 Å². The topological polar surface area (TPSA) is 70.1 Å². The number of aromatic nitrogens is 2. The van der Waals surface area contributed by atoms with E-state index in [9.17, 15) is 4.79 Å². The largest absolute Gasteiger partial charge is 0.465 e. The fourth-order valence-corrected chi connectivity index (χ4v) is 1.74. The van der Waals surface area contributed by atoms with Gasteiger partial charge in [-0.25, -0.2) is 4.68 Å². The fourth-order valence-electron chi connectivity index (χ4n) is 1.08. The van der Waals surface area contributed by atoms with Crippen molar-refractivity contribution >= 4 is 23.5 Å². The van der Waals surface area contributed by atoms with E-state index in [-0.39, 0.29) is 12.5 Å². The quantitative estimate of drug-likeness (QED) is 0.605. The van der Waals surface area contributed by atoms with Crippen LogP contribution in [0, 0.1) is 0 Å². The Morgan fingerprint density at radius 2 is 2.40 bits per heavy atom. The number of thioether (sulfide) groups is 1. The lowest BCUT2D eigenvalue weighted by Crippen LogP contribution is -2.16. The third-order valence-corrected chi connectivity index (χ3v) is 2.45. The maximum absolute atomic E-state index is 11.2. The molecule has 0 aliphatic carbocycles. The summed E-state index contributed by atoms with van der Waals surface area (Å²) in [6.45, 7) is 4.24. The number of anilines is 1. The maximum atomic E-state index is 11.2. The third kappa shape index (κ3) is 3.47. The number of rotatable bonds is 5. The standard InChI is InChI=1S/C9H15N3O2S/c1-3-14-9(13)6-12-7(10)5-8(11-12)15-4-2/h5H,3-4,6,10H2,1-2H3. The second-order valence-electron chi connectivity index (χ2n) is 2.80. The number of hydrogen-bond donors (Lipinski definition) is 1. The maximum Gasteiger partial charge on any atom is 0.327 e. The molecule has 0 spiro atoms. The van der Waals surface area contributed by atoms with Crippen molar-refractivity contribution in [3.05, 3.63) is 6.07 Å². The van der Waals surface area contributed by atoms with Crippen LogP contribution >= 0.6 is 11.8 Å². The lowest BCUT2D eigenvalue weighted by molar-refractivity contribution is -0.144. The summed E-state index contributed by atoms with van der Waals surface area (Å²) >= 11 is 1.59. The summed E-state index contributed by atoms with van der Waals surface area (Å²) in [5.74, 6) is 1.09. The average Bonchev–Trinajstić information content (AvgIpc) is 2.48. The van der Waals surface area contributed by atoms with Crippen molar-refractivity contribution in [1.82, 2.24) is 9.78 Å². The van der Waals surface area contributed by atoms with Crippen molar-refractivity contribution in [2.24, 2.45) is 0 Å². The van der Waals surface area contributed by atoms with Gasteiger partial charge in [0.15, 0.2) is 0 Å². The van der Waals surface area contributed by atoms with E-state index in [0.29, 0.717) is 12.4 Å². The van der Waals surface area contributed by atoms with Crippen LogP contribution in [0.4, 0.5) is 5.82 Å². The minimum Gasteiger partial charge on any atom is -0.465 e. The molecule has 1 aromatic rings. The van der Waals surface area contributed by atoms with Crippen molar-refractivity contribution in [3.63, 3.8) is 0 Å². The molecule has 1 aromatic heterocycles. The molecular weight excluding hydrogens is 214 g/mol. The molecule has 0 aromatic carbocycles. The summed E-state index contributed by atoms with van der Waals surface area (Å²) in [7, 11) is 0. The Balaban J connectivity index is 2.64. The molecule has 15 heavy (non-hydrogen) atoms. The van der Waals surface area contributed by atoms with Gasteiger partial charge in [0.2, 0.25) is 0 Å². The number of nitrogen functional groups attached to an aromatic ring is 1. The second-order valence-corrected chi connectivity index (χ2v) is 4.09. The Kier molecular flexibility index (Phi) is 4.48. The fraction of sp³-hybridized carbons (Fsp3) is 0.556. The summed E-state index contributed by atoms with van der Waals surface area (Å²) in [5, 5.41) is 5.01. The van der Waals surface area contributed by atoms with E-state index in [0.717, 1.165) is 10.8 Å². The third-order valence-electron chi connectivity index (χ3n) is 1.67. The minimum atomic E-state index is -0.319. The zero-order valence-corrected chi connectivity index (χ0v) is 9.71. The van der Waals surface area contributed by atoms with Crippen LogP contribution in [0.3, 0.4) is 0 Å². The number of nitrogens with zero attached hydrogens (tertiary/aromatic N) is 2. The first-order chi connectivity index (χ1) is 7.17. The normalized spacial score (nSPS) is 10.3. The Bertz CT molecular complexity index is 338. The molecule has 0 amide bonds. The van der Waals surface area contributed by atoms with Gasteiger partial charge in [-0.3, -0.25) is 4.79 Å². The van der Waals surface area contributed by atoms with Crippen LogP contribution < -0.4 is 5.73 Å².